The summed E-state index contributed by atoms with van der Waals surface area (Å²) in [5, 5.41) is 2.89. The quantitative estimate of drug-likeness (QED) is 0.851. The summed E-state index contributed by atoms with van der Waals surface area (Å²) in [6.07, 6.45) is 1.69. The zero-order chi connectivity index (χ0) is 14.5. The first-order valence-corrected chi connectivity index (χ1v) is 6.83. The molecule has 2 rings (SSSR count). The number of Topliss-reactive ketones (excluding diaryl/α,β-unsaturated/α-hetero) is 1. The fraction of sp³-hybridized carbons (Fsp3) is 0.467. The molecule has 0 radical (unpaired) electrons. The van der Waals surface area contributed by atoms with Crippen molar-refractivity contribution in [2.75, 3.05) is 19.6 Å². The number of nitrogens with zero attached hydrogens (tertiary/aromatic N) is 1. The highest BCUT2D eigenvalue weighted by Crippen LogP contribution is 2.12. The van der Waals surface area contributed by atoms with Gasteiger partial charge in [-0.1, -0.05) is 12.1 Å². The van der Waals surface area contributed by atoms with Gasteiger partial charge in [-0.25, -0.2) is 4.39 Å². The molecule has 108 valence electrons. The van der Waals surface area contributed by atoms with E-state index in [9.17, 15) is 14.0 Å². The van der Waals surface area contributed by atoms with Gasteiger partial charge in [0.1, 0.15) is 5.82 Å². The molecule has 1 aromatic rings. The van der Waals surface area contributed by atoms with Crippen LogP contribution in [0.15, 0.2) is 24.3 Å². The number of piperidine rings is 1. The summed E-state index contributed by atoms with van der Waals surface area (Å²) in [7, 11) is 0. The Morgan fingerprint density at radius 3 is 2.65 bits per heavy atom. The van der Waals surface area contributed by atoms with Crippen molar-refractivity contribution in [1.82, 2.24) is 10.2 Å². The van der Waals surface area contributed by atoms with Gasteiger partial charge >= 0.3 is 0 Å². The third-order valence-electron chi connectivity index (χ3n) is 3.51. The van der Waals surface area contributed by atoms with Crippen molar-refractivity contribution in [3.63, 3.8) is 0 Å². The molecule has 20 heavy (non-hydrogen) atoms. The number of hydrogen-bond donors (Lipinski definition) is 1. The van der Waals surface area contributed by atoms with Crippen LogP contribution in [0.25, 0.3) is 0 Å². The topological polar surface area (TPSA) is 49.4 Å². The molecule has 1 fully saturated rings. The Labute approximate surface area is 118 Å². The number of nitrogens with one attached hydrogen (secondary N) is 1. The second-order valence-electron chi connectivity index (χ2n) is 5.18. The third-order valence-corrected chi connectivity index (χ3v) is 3.51. The molecule has 1 aliphatic heterocycles. The summed E-state index contributed by atoms with van der Waals surface area (Å²) in [5.41, 5.74) is 0.411. The fourth-order valence-electron chi connectivity index (χ4n) is 2.48. The molecule has 5 heteroatoms. The predicted molar refractivity (Wildman–Crippen MR) is 74.0 cm³/mol. The molecule has 1 N–H and O–H groups in total. The number of hydrogen-bond acceptors (Lipinski definition) is 3. The third kappa shape index (κ3) is 4.13. The van der Waals surface area contributed by atoms with Crippen LogP contribution >= 0.6 is 0 Å². The number of likely N-dealkylation sites (tertiary alicyclic amines) is 1. The molecule has 1 aliphatic rings. The van der Waals surface area contributed by atoms with E-state index in [0.29, 0.717) is 12.1 Å². The highest BCUT2D eigenvalue weighted by Gasteiger charge is 2.21. The molecule has 1 amide bonds. The Bertz CT molecular complexity index is 496. The Balaban J connectivity index is 1.83. The minimum absolute atomic E-state index is 0.0145. The van der Waals surface area contributed by atoms with Gasteiger partial charge in [-0.2, -0.15) is 0 Å². The normalized spacial score (nSPS) is 16.9. The van der Waals surface area contributed by atoms with Crippen molar-refractivity contribution in [2.45, 2.75) is 25.8 Å². The van der Waals surface area contributed by atoms with Crippen molar-refractivity contribution >= 4 is 11.7 Å². The lowest BCUT2D eigenvalue weighted by Gasteiger charge is -2.31. The molecular weight excluding hydrogens is 259 g/mol. The summed E-state index contributed by atoms with van der Waals surface area (Å²) >= 11 is 0. The van der Waals surface area contributed by atoms with Crippen molar-refractivity contribution < 1.29 is 14.0 Å². The van der Waals surface area contributed by atoms with Gasteiger partial charge in [0.15, 0.2) is 5.78 Å². The summed E-state index contributed by atoms with van der Waals surface area (Å²) < 4.78 is 13.1. The average Bonchev–Trinajstić information content (AvgIpc) is 2.40. The molecule has 0 bridgehead atoms. The Morgan fingerprint density at radius 1 is 1.35 bits per heavy atom. The van der Waals surface area contributed by atoms with Gasteiger partial charge in [0.05, 0.1) is 6.54 Å². The Hall–Kier alpha value is -1.75. The molecule has 0 spiro atoms. The van der Waals surface area contributed by atoms with Gasteiger partial charge in [0, 0.05) is 31.6 Å². The maximum Gasteiger partial charge on any atom is 0.217 e. The predicted octanol–water partition coefficient (Wildman–Crippen LogP) is 1.61. The van der Waals surface area contributed by atoms with E-state index >= 15 is 0 Å². The van der Waals surface area contributed by atoms with Gasteiger partial charge in [0.2, 0.25) is 5.91 Å². The average molecular weight is 278 g/mol. The summed E-state index contributed by atoms with van der Waals surface area (Å²) in [4.78, 5) is 25.1. The minimum Gasteiger partial charge on any atom is -0.354 e. The van der Waals surface area contributed by atoms with Crippen LogP contribution < -0.4 is 5.32 Å². The lowest BCUT2D eigenvalue weighted by molar-refractivity contribution is -0.119. The number of rotatable bonds is 4. The van der Waals surface area contributed by atoms with Crippen LogP contribution in [0.1, 0.15) is 30.1 Å². The molecule has 0 saturated carbocycles. The highest BCUT2D eigenvalue weighted by molar-refractivity contribution is 5.97. The number of carbonyl (C=O) groups excluding carboxylic acids is 2. The van der Waals surface area contributed by atoms with Crippen molar-refractivity contribution in [2.24, 2.45) is 0 Å². The zero-order valence-corrected chi connectivity index (χ0v) is 11.6. The van der Waals surface area contributed by atoms with Gasteiger partial charge in [-0.05, 0) is 25.0 Å². The van der Waals surface area contributed by atoms with E-state index in [1.165, 1.54) is 19.1 Å². The lowest BCUT2D eigenvalue weighted by Crippen LogP contribution is -2.45. The maximum absolute atomic E-state index is 13.1. The van der Waals surface area contributed by atoms with Gasteiger partial charge in [-0.15, -0.1) is 0 Å². The van der Waals surface area contributed by atoms with E-state index in [0.717, 1.165) is 25.9 Å². The van der Waals surface area contributed by atoms with Crippen molar-refractivity contribution in [3.05, 3.63) is 35.6 Å². The van der Waals surface area contributed by atoms with Crippen LogP contribution in [0, 0.1) is 5.82 Å². The van der Waals surface area contributed by atoms with Gasteiger partial charge < -0.3 is 5.32 Å². The molecule has 1 aromatic carbocycles. The first-order valence-electron chi connectivity index (χ1n) is 6.83. The standard InChI is InChI=1S/C15H19FN2O2/c1-11(19)17-14-5-7-18(8-6-14)10-15(20)12-3-2-4-13(16)9-12/h2-4,9,14H,5-8,10H2,1H3,(H,17,19). The zero-order valence-electron chi connectivity index (χ0n) is 11.6. The monoisotopic (exact) mass is 278 g/mol. The van der Waals surface area contributed by atoms with E-state index in [2.05, 4.69) is 5.32 Å². The molecule has 4 nitrogen and oxygen atoms in total. The molecule has 0 aliphatic carbocycles. The van der Waals surface area contributed by atoms with Crippen molar-refractivity contribution in [1.29, 1.82) is 0 Å². The number of amides is 1. The second-order valence-corrected chi connectivity index (χ2v) is 5.18. The van der Waals surface area contributed by atoms with Crippen LogP contribution in [0.5, 0.6) is 0 Å². The lowest BCUT2D eigenvalue weighted by atomic mass is 10.0. The molecule has 0 atom stereocenters. The molecule has 0 aromatic heterocycles. The molecule has 0 unspecified atom stereocenters. The highest BCUT2D eigenvalue weighted by atomic mass is 19.1. The Morgan fingerprint density at radius 2 is 2.05 bits per heavy atom. The maximum atomic E-state index is 13.1. The number of benzene rings is 1. The van der Waals surface area contributed by atoms with Crippen molar-refractivity contribution in [3.8, 4) is 0 Å². The largest absolute Gasteiger partial charge is 0.354 e. The van der Waals surface area contributed by atoms with Crippen LogP contribution in [0.4, 0.5) is 4.39 Å². The van der Waals surface area contributed by atoms with Crippen LogP contribution in [0.2, 0.25) is 0 Å². The molecular formula is C15H19FN2O2. The second kappa shape index (κ2) is 6.61. The van der Waals surface area contributed by atoms with Gasteiger partial charge in [0.25, 0.3) is 0 Å². The number of carbonyl (C=O) groups is 2. The van der Waals surface area contributed by atoms with Crippen LogP contribution in [-0.4, -0.2) is 42.3 Å². The summed E-state index contributed by atoms with van der Waals surface area (Å²) in [5.74, 6) is -0.470. The Kier molecular flexibility index (Phi) is 4.84. The van der Waals surface area contributed by atoms with E-state index in [1.807, 2.05) is 4.90 Å². The smallest absolute Gasteiger partial charge is 0.217 e. The first-order chi connectivity index (χ1) is 9.54. The van der Waals surface area contributed by atoms with E-state index < -0.39 is 0 Å². The SMILES string of the molecule is CC(=O)NC1CCN(CC(=O)c2cccc(F)c2)CC1. The van der Waals surface area contributed by atoms with E-state index in [-0.39, 0.29) is 23.5 Å². The molecule has 1 heterocycles. The molecule has 1 saturated heterocycles. The minimum atomic E-state index is -0.389. The van der Waals surface area contributed by atoms with E-state index in [4.69, 9.17) is 0 Å². The fourth-order valence-corrected chi connectivity index (χ4v) is 2.48. The summed E-state index contributed by atoms with van der Waals surface area (Å²) in [6.45, 7) is 3.36. The van der Waals surface area contributed by atoms with E-state index in [1.54, 1.807) is 12.1 Å². The number of halogens is 1. The van der Waals surface area contributed by atoms with Crippen LogP contribution in [-0.2, 0) is 4.79 Å². The van der Waals surface area contributed by atoms with Crippen LogP contribution in [0.3, 0.4) is 0 Å². The number of ketones is 1. The van der Waals surface area contributed by atoms with Gasteiger partial charge in [-0.3, -0.25) is 14.5 Å². The first kappa shape index (κ1) is 14.7. The summed E-state index contributed by atoms with van der Waals surface area (Å²) in [6, 6.07) is 5.98.